The average molecular weight is 252 g/mol. The summed E-state index contributed by atoms with van der Waals surface area (Å²) in [7, 11) is 2.16. The minimum atomic E-state index is 0.737. The van der Waals surface area contributed by atoms with Gasteiger partial charge in [0.25, 0.3) is 0 Å². The molecule has 2 rings (SSSR count). The minimum Gasteiger partial charge on any atom is -0.315 e. The van der Waals surface area contributed by atoms with Crippen molar-refractivity contribution in [3.05, 3.63) is 0 Å². The number of likely N-dealkylation sites (N-methyl/N-ethyl adjacent to an activating group) is 1. The van der Waals surface area contributed by atoms with Gasteiger partial charge in [0.2, 0.25) is 0 Å². The number of hydrogen-bond donors (Lipinski definition) is 1. The summed E-state index contributed by atoms with van der Waals surface area (Å²) >= 11 is 0. The molecular formula is C16H32N2. The second-order valence-corrected chi connectivity index (χ2v) is 6.62. The van der Waals surface area contributed by atoms with E-state index in [2.05, 4.69) is 31.1 Å². The van der Waals surface area contributed by atoms with Gasteiger partial charge in [-0.05, 0) is 70.5 Å². The lowest BCUT2D eigenvalue weighted by Crippen LogP contribution is -2.52. The molecule has 0 aromatic carbocycles. The summed E-state index contributed by atoms with van der Waals surface area (Å²) in [6, 6.07) is 1.54. The third-order valence-corrected chi connectivity index (χ3v) is 5.39. The molecule has 2 aliphatic rings. The molecule has 2 heteroatoms. The predicted molar refractivity (Wildman–Crippen MR) is 78.9 cm³/mol. The fraction of sp³-hybridized carbons (Fsp3) is 1.00. The molecule has 1 saturated heterocycles. The Bertz CT molecular complexity index is 241. The molecule has 4 unspecified atom stereocenters. The first-order valence-corrected chi connectivity index (χ1v) is 8.15. The van der Waals surface area contributed by atoms with Gasteiger partial charge in [0, 0.05) is 12.1 Å². The molecule has 106 valence electrons. The van der Waals surface area contributed by atoms with Crippen LogP contribution in [0.15, 0.2) is 0 Å². The van der Waals surface area contributed by atoms with E-state index in [0.29, 0.717) is 0 Å². The van der Waals surface area contributed by atoms with Crippen molar-refractivity contribution >= 4 is 0 Å². The molecule has 18 heavy (non-hydrogen) atoms. The monoisotopic (exact) mass is 252 g/mol. The molecule has 1 aliphatic carbocycles. The molecule has 1 saturated carbocycles. The SMILES string of the molecule is CCC1CCC(NC)C(N2CCCC(C)CC2)C1. The highest BCUT2D eigenvalue weighted by Gasteiger charge is 2.33. The minimum absolute atomic E-state index is 0.737. The van der Waals surface area contributed by atoms with Crippen LogP contribution in [0, 0.1) is 11.8 Å². The molecular weight excluding hydrogens is 220 g/mol. The van der Waals surface area contributed by atoms with Crippen molar-refractivity contribution in [2.45, 2.75) is 70.9 Å². The molecule has 0 bridgehead atoms. The maximum absolute atomic E-state index is 3.59. The first-order valence-electron chi connectivity index (χ1n) is 8.15. The summed E-state index contributed by atoms with van der Waals surface area (Å²) in [5.41, 5.74) is 0. The van der Waals surface area contributed by atoms with Gasteiger partial charge in [0.15, 0.2) is 0 Å². The Morgan fingerprint density at radius 1 is 1.11 bits per heavy atom. The largest absolute Gasteiger partial charge is 0.315 e. The summed E-state index contributed by atoms with van der Waals surface area (Å²) in [5.74, 6) is 1.91. The first-order chi connectivity index (χ1) is 8.74. The summed E-state index contributed by atoms with van der Waals surface area (Å²) in [4.78, 5) is 2.81. The second-order valence-electron chi connectivity index (χ2n) is 6.62. The maximum Gasteiger partial charge on any atom is 0.0251 e. The highest BCUT2D eigenvalue weighted by atomic mass is 15.2. The average Bonchev–Trinajstić information content (AvgIpc) is 2.62. The predicted octanol–water partition coefficient (Wildman–Crippen LogP) is 3.28. The third-order valence-electron chi connectivity index (χ3n) is 5.39. The van der Waals surface area contributed by atoms with E-state index < -0.39 is 0 Å². The van der Waals surface area contributed by atoms with Crippen LogP contribution in [0.5, 0.6) is 0 Å². The standard InChI is InChI=1S/C16H32N2/c1-4-14-7-8-15(17-3)16(12-14)18-10-5-6-13(2)9-11-18/h13-17H,4-12H2,1-3H3. The molecule has 4 atom stereocenters. The van der Waals surface area contributed by atoms with E-state index in [0.717, 1.165) is 23.9 Å². The molecule has 1 heterocycles. The van der Waals surface area contributed by atoms with Gasteiger partial charge in [-0.2, -0.15) is 0 Å². The molecule has 0 spiro atoms. The number of nitrogens with one attached hydrogen (secondary N) is 1. The van der Waals surface area contributed by atoms with Gasteiger partial charge in [-0.25, -0.2) is 0 Å². The van der Waals surface area contributed by atoms with Crippen LogP contribution in [0.25, 0.3) is 0 Å². The Kier molecular flexibility index (Phi) is 5.50. The van der Waals surface area contributed by atoms with Crippen molar-refractivity contribution in [3.8, 4) is 0 Å². The van der Waals surface area contributed by atoms with Crippen LogP contribution in [0.4, 0.5) is 0 Å². The Morgan fingerprint density at radius 2 is 1.94 bits per heavy atom. The zero-order chi connectivity index (χ0) is 13.0. The maximum atomic E-state index is 3.59. The van der Waals surface area contributed by atoms with Crippen molar-refractivity contribution in [2.75, 3.05) is 20.1 Å². The van der Waals surface area contributed by atoms with Gasteiger partial charge in [0.1, 0.15) is 0 Å². The van der Waals surface area contributed by atoms with E-state index in [1.807, 2.05) is 0 Å². The normalized spacial score (nSPS) is 39.5. The van der Waals surface area contributed by atoms with Crippen LogP contribution in [0.1, 0.15) is 58.8 Å². The molecule has 0 radical (unpaired) electrons. The Labute approximate surface area is 114 Å². The van der Waals surface area contributed by atoms with Crippen LogP contribution >= 0.6 is 0 Å². The first kappa shape index (κ1) is 14.3. The lowest BCUT2D eigenvalue weighted by Gasteiger charge is -2.42. The van der Waals surface area contributed by atoms with E-state index in [1.165, 1.54) is 58.0 Å². The van der Waals surface area contributed by atoms with Gasteiger partial charge in [0.05, 0.1) is 0 Å². The number of nitrogens with zero attached hydrogens (tertiary/aromatic N) is 1. The lowest BCUT2D eigenvalue weighted by molar-refractivity contribution is 0.101. The zero-order valence-electron chi connectivity index (χ0n) is 12.6. The van der Waals surface area contributed by atoms with E-state index >= 15 is 0 Å². The van der Waals surface area contributed by atoms with Crippen molar-refractivity contribution in [2.24, 2.45) is 11.8 Å². The van der Waals surface area contributed by atoms with Crippen molar-refractivity contribution < 1.29 is 0 Å². The van der Waals surface area contributed by atoms with Crippen LogP contribution in [-0.4, -0.2) is 37.1 Å². The zero-order valence-corrected chi connectivity index (χ0v) is 12.6. The fourth-order valence-corrected chi connectivity index (χ4v) is 3.96. The van der Waals surface area contributed by atoms with Crippen LogP contribution in [0.2, 0.25) is 0 Å². The van der Waals surface area contributed by atoms with Crippen molar-refractivity contribution in [1.29, 1.82) is 0 Å². The van der Waals surface area contributed by atoms with E-state index in [9.17, 15) is 0 Å². The van der Waals surface area contributed by atoms with Crippen LogP contribution in [-0.2, 0) is 0 Å². The van der Waals surface area contributed by atoms with Crippen LogP contribution < -0.4 is 5.32 Å². The molecule has 0 aromatic heterocycles. The second kappa shape index (κ2) is 6.91. The number of rotatable bonds is 3. The Balaban J connectivity index is 1.97. The van der Waals surface area contributed by atoms with Gasteiger partial charge >= 0.3 is 0 Å². The van der Waals surface area contributed by atoms with Crippen molar-refractivity contribution in [1.82, 2.24) is 10.2 Å². The lowest BCUT2D eigenvalue weighted by atomic mass is 9.80. The molecule has 0 amide bonds. The fourth-order valence-electron chi connectivity index (χ4n) is 3.96. The van der Waals surface area contributed by atoms with Gasteiger partial charge in [-0.15, -0.1) is 0 Å². The van der Waals surface area contributed by atoms with Gasteiger partial charge < -0.3 is 5.32 Å². The smallest absolute Gasteiger partial charge is 0.0251 e. The molecule has 0 aromatic rings. The van der Waals surface area contributed by atoms with E-state index in [4.69, 9.17) is 0 Å². The molecule has 1 N–H and O–H groups in total. The topological polar surface area (TPSA) is 15.3 Å². The molecule has 2 fully saturated rings. The van der Waals surface area contributed by atoms with E-state index in [1.54, 1.807) is 0 Å². The summed E-state index contributed by atoms with van der Waals surface area (Å²) in [5, 5.41) is 3.59. The summed E-state index contributed by atoms with van der Waals surface area (Å²) in [6.07, 6.45) is 9.86. The molecule has 1 aliphatic heterocycles. The van der Waals surface area contributed by atoms with Gasteiger partial charge in [-0.1, -0.05) is 20.3 Å². The third kappa shape index (κ3) is 3.48. The number of likely N-dealkylation sites (tertiary alicyclic amines) is 1. The summed E-state index contributed by atoms with van der Waals surface area (Å²) in [6.45, 7) is 7.46. The molecule has 2 nitrogen and oxygen atoms in total. The van der Waals surface area contributed by atoms with E-state index in [-0.39, 0.29) is 0 Å². The van der Waals surface area contributed by atoms with Gasteiger partial charge in [-0.3, -0.25) is 4.90 Å². The highest BCUT2D eigenvalue weighted by Crippen LogP contribution is 2.31. The van der Waals surface area contributed by atoms with Crippen LogP contribution in [0.3, 0.4) is 0 Å². The highest BCUT2D eigenvalue weighted by molar-refractivity contribution is 4.91. The number of hydrogen-bond acceptors (Lipinski definition) is 2. The Hall–Kier alpha value is -0.0800. The quantitative estimate of drug-likeness (QED) is 0.829. The summed E-state index contributed by atoms with van der Waals surface area (Å²) < 4.78 is 0. The Morgan fingerprint density at radius 3 is 2.67 bits per heavy atom. The van der Waals surface area contributed by atoms with Crippen molar-refractivity contribution in [3.63, 3.8) is 0 Å².